The third kappa shape index (κ3) is 3.87. The van der Waals surface area contributed by atoms with Crippen molar-refractivity contribution in [2.24, 2.45) is 0 Å². The van der Waals surface area contributed by atoms with E-state index in [0.29, 0.717) is 52.0 Å². The number of nitrogens with one attached hydrogen (secondary N) is 1. The molecule has 0 bridgehead atoms. The quantitative estimate of drug-likeness (QED) is 0.575. The Morgan fingerprint density at radius 1 is 0.875 bits per heavy atom. The molecule has 0 saturated heterocycles. The Bertz CT molecular complexity index is 1130. The van der Waals surface area contributed by atoms with Gasteiger partial charge in [0.25, 0.3) is 0 Å². The van der Waals surface area contributed by atoms with Crippen LogP contribution in [0.15, 0.2) is 65.0 Å². The van der Waals surface area contributed by atoms with Gasteiger partial charge >= 0.3 is 0 Å². The number of rotatable bonds is 4. The van der Waals surface area contributed by atoms with Gasteiger partial charge in [0.15, 0.2) is 11.6 Å². The molecule has 0 aromatic heterocycles. The first-order valence-corrected chi connectivity index (χ1v) is 11.7. The Morgan fingerprint density at radius 2 is 1.50 bits per heavy atom. The lowest BCUT2D eigenvalue weighted by Crippen LogP contribution is -2.36. The standard InChI is InChI=1S/C26H23Cl2NO3/c27-16-12-17(26(18(28)13-16)32-14-15-6-2-1-3-7-15)23-24-19(8-4-10-21(24)30)29-20-9-5-11-22(31)25(20)23/h1-3,6-7,12-13,23,29H,4-5,8-11,14H2. The van der Waals surface area contributed by atoms with E-state index in [-0.39, 0.29) is 11.6 Å². The van der Waals surface area contributed by atoms with Gasteiger partial charge in [-0.15, -0.1) is 0 Å². The van der Waals surface area contributed by atoms with Crippen LogP contribution in [0.4, 0.5) is 0 Å². The molecule has 4 nitrogen and oxygen atoms in total. The van der Waals surface area contributed by atoms with Crippen molar-refractivity contribution in [1.29, 1.82) is 0 Å². The number of allylic oxidation sites excluding steroid dienone is 4. The highest BCUT2D eigenvalue weighted by Gasteiger charge is 2.41. The molecule has 1 heterocycles. The average Bonchev–Trinajstić information content (AvgIpc) is 2.78. The zero-order valence-corrected chi connectivity index (χ0v) is 19.1. The molecule has 0 radical (unpaired) electrons. The number of Topliss-reactive ketones (excluding diaryl/α,β-unsaturated/α-hetero) is 2. The summed E-state index contributed by atoms with van der Waals surface area (Å²) in [6.07, 6.45) is 4.14. The van der Waals surface area contributed by atoms with Crippen LogP contribution in [0.3, 0.4) is 0 Å². The summed E-state index contributed by atoms with van der Waals surface area (Å²) in [6.45, 7) is 0.319. The third-order valence-electron chi connectivity index (χ3n) is 6.37. The van der Waals surface area contributed by atoms with Gasteiger partial charge in [-0.3, -0.25) is 9.59 Å². The number of carbonyl (C=O) groups excluding carboxylic acids is 2. The summed E-state index contributed by atoms with van der Waals surface area (Å²) in [4.78, 5) is 26.2. The minimum Gasteiger partial charge on any atom is -0.487 e. The average molecular weight is 468 g/mol. The molecule has 32 heavy (non-hydrogen) atoms. The summed E-state index contributed by atoms with van der Waals surface area (Å²) in [7, 11) is 0. The Morgan fingerprint density at radius 3 is 2.12 bits per heavy atom. The van der Waals surface area contributed by atoms with Gasteiger partial charge in [-0.25, -0.2) is 0 Å². The van der Waals surface area contributed by atoms with Gasteiger partial charge in [0.2, 0.25) is 0 Å². The number of ether oxygens (including phenoxy) is 1. The number of dihydropyridines is 1. The van der Waals surface area contributed by atoms with Crippen LogP contribution < -0.4 is 10.1 Å². The summed E-state index contributed by atoms with van der Waals surface area (Å²) >= 11 is 13.0. The monoisotopic (exact) mass is 467 g/mol. The van der Waals surface area contributed by atoms with Crippen molar-refractivity contribution in [3.05, 3.63) is 86.2 Å². The maximum Gasteiger partial charge on any atom is 0.161 e. The smallest absolute Gasteiger partial charge is 0.161 e. The predicted octanol–water partition coefficient (Wildman–Crippen LogP) is 6.27. The van der Waals surface area contributed by atoms with Crippen molar-refractivity contribution < 1.29 is 14.3 Å². The Balaban J connectivity index is 1.66. The number of benzene rings is 2. The Hall–Kier alpha value is -2.56. The second-order valence-electron chi connectivity index (χ2n) is 8.48. The summed E-state index contributed by atoms with van der Waals surface area (Å²) in [6, 6.07) is 13.2. The summed E-state index contributed by atoms with van der Waals surface area (Å²) < 4.78 is 6.21. The molecule has 1 N–H and O–H groups in total. The van der Waals surface area contributed by atoms with Crippen LogP contribution >= 0.6 is 23.2 Å². The fourth-order valence-corrected chi connectivity index (χ4v) is 5.53. The highest BCUT2D eigenvalue weighted by atomic mass is 35.5. The number of hydrogen-bond donors (Lipinski definition) is 1. The zero-order valence-electron chi connectivity index (χ0n) is 17.5. The third-order valence-corrected chi connectivity index (χ3v) is 6.86. The first-order valence-electron chi connectivity index (χ1n) is 11.0. The molecule has 0 fully saturated rings. The van der Waals surface area contributed by atoms with E-state index >= 15 is 0 Å². The van der Waals surface area contributed by atoms with Crippen molar-refractivity contribution in [1.82, 2.24) is 5.32 Å². The lowest BCUT2D eigenvalue weighted by atomic mass is 9.71. The first-order chi connectivity index (χ1) is 15.5. The minimum absolute atomic E-state index is 0.0683. The van der Waals surface area contributed by atoms with Crippen LogP contribution in [-0.2, 0) is 16.2 Å². The largest absolute Gasteiger partial charge is 0.487 e. The molecular formula is C26H23Cl2NO3. The molecule has 0 amide bonds. The number of halogens is 2. The minimum atomic E-state index is -0.510. The van der Waals surface area contributed by atoms with Crippen LogP contribution in [0.1, 0.15) is 55.6 Å². The zero-order chi connectivity index (χ0) is 22.2. The highest BCUT2D eigenvalue weighted by molar-refractivity contribution is 6.35. The normalized spacial score (nSPS) is 18.9. The van der Waals surface area contributed by atoms with E-state index in [1.165, 1.54) is 0 Å². The lowest BCUT2D eigenvalue weighted by molar-refractivity contribution is -0.116. The van der Waals surface area contributed by atoms with Crippen molar-refractivity contribution >= 4 is 34.8 Å². The van der Waals surface area contributed by atoms with Crippen molar-refractivity contribution in [2.75, 3.05) is 0 Å². The van der Waals surface area contributed by atoms with Gasteiger partial charge in [0.1, 0.15) is 12.4 Å². The molecule has 0 unspecified atom stereocenters. The molecule has 0 spiro atoms. The molecule has 0 saturated carbocycles. The molecule has 1 aliphatic heterocycles. The van der Waals surface area contributed by atoms with E-state index < -0.39 is 5.92 Å². The predicted molar refractivity (Wildman–Crippen MR) is 125 cm³/mol. The van der Waals surface area contributed by atoms with E-state index in [9.17, 15) is 9.59 Å². The summed E-state index contributed by atoms with van der Waals surface area (Å²) in [5.41, 5.74) is 4.85. The molecule has 2 aromatic carbocycles. The van der Waals surface area contributed by atoms with E-state index in [1.54, 1.807) is 12.1 Å². The Kier molecular flexibility index (Phi) is 5.83. The van der Waals surface area contributed by atoms with Gasteiger partial charge in [-0.05, 0) is 43.4 Å². The molecule has 6 heteroatoms. The molecule has 3 aliphatic rings. The van der Waals surface area contributed by atoms with Crippen molar-refractivity contribution in [3.63, 3.8) is 0 Å². The Labute approximate surface area is 197 Å². The van der Waals surface area contributed by atoms with Crippen LogP contribution in [-0.4, -0.2) is 11.6 Å². The van der Waals surface area contributed by atoms with Crippen LogP contribution in [0.25, 0.3) is 0 Å². The number of carbonyl (C=O) groups is 2. The van der Waals surface area contributed by atoms with Gasteiger partial charge < -0.3 is 10.1 Å². The van der Waals surface area contributed by atoms with E-state index in [0.717, 1.165) is 42.6 Å². The maximum atomic E-state index is 13.1. The molecule has 0 atom stereocenters. The number of ketones is 2. The van der Waals surface area contributed by atoms with E-state index in [4.69, 9.17) is 27.9 Å². The second kappa shape index (κ2) is 8.76. The van der Waals surface area contributed by atoms with Crippen molar-refractivity contribution in [2.45, 2.75) is 51.0 Å². The van der Waals surface area contributed by atoms with E-state index in [1.807, 2.05) is 30.3 Å². The summed E-state index contributed by atoms with van der Waals surface area (Å²) in [5, 5.41) is 4.26. The van der Waals surface area contributed by atoms with E-state index in [2.05, 4.69) is 5.32 Å². The highest BCUT2D eigenvalue weighted by Crippen LogP contribution is 2.49. The lowest BCUT2D eigenvalue weighted by Gasteiger charge is -2.37. The summed E-state index contributed by atoms with van der Waals surface area (Å²) in [5.74, 6) is 0.101. The van der Waals surface area contributed by atoms with Gasteiger partial charge in [-0.1, -0.05) is 53.5 Å². The first kappa shape index (κ1) is 21.3. The molecule has 5 rings (SSSR count). The van der Waals surface area contributed by atoms with Crippen LogP contribution in [0, 0.1) is 0 Å². The second-order valence-corrected chi connectivity index (χ2v) is 9.32. The van der Waals surface area contributed by atoms with Crippen molar-refractivity contribution in [3.8, 4) is 5.75 Å². The number of hydrogen-bond acceptors (Lipinski definition) is 4. The van der Waals surface area contributed by atoms with Crippen LogP contribution in [0.2, 0.25) is 10.0 Å². The fraction of sp³-hybridized carbons (Fsp3) is 0.308. The molecule has 2 aliphatic carbocycles. The van der Waals surface area contributed by atoms with Gasteiger partial charge in [0.05, 0.1) is 5.02 Å². The SMILES string of the molecule is O=C1CCCC2=C1C(c1cc(Cl)cc(Cl)c1OCc1ccccc1)C1=C(CCCC1=O)N2. The maximum absolute atomic E-state index is 13.1. The molecule has 2 aromatic rings. The topological polar surface area (TPSA) is 55.4 Å². The molecule has 164 valence electrons. The van der Waals surface area contributed by atoms with Gasteiger partial charge in [0, 0.05) is 51.9 Å². The fourth-order valence-electron chi connectivity index (χ4n) is 4.97. The van der Waals surface area contributed by atoms with Gasteiger partial charge in [-0.2, -0.15) is 0 Å². The molecular weight excluding hydrogens is 445 g/mol. The van der Waals surface area contributed by atoms with Crippen LogP contribution in [0.5, 0.6) is 5.75 Å².